The summed E-state index contributed by atoms with van der Waals surface area (Å²) in [5.74, 6) is -0.173. The fourth-order valence-electron chi connectivity index (χ4n) is 3.32. The van der Waals surface area contributed by atoms with Crippen LogP contribution in [0.4, 0.5) is 5.13 Å². The maximum absolute atomic E-state index is 13.0. The van der Waals surface area contributed by atoms with Crippen LogP contribution in [-0.2, 0) is 20.2 Å². The summed E-state index contributed by atoms with van der Waals surface area (Å²) in [6.07, 6.45) is 2.61. The van der Waals surface area contributed by atoms with Gasteiger partial charge < -0.3 is 0 Å². The first-order chi connectivity index (χ1) is 13.3. The molecule has 0 unspecified atom stereocenters. The molecule has 0 aromatic carbocycles. The quantitative estimate of drug-likeness (QED) is 0.610. The van der Waals surface area contributed by atoms with Gasteiger partial charge >= 0.3 is 0 Å². The molecule has 2 rings (SSSR count). The first-order valence-corrected chi connectivity index (χ1v) is 12.2. The van der Waals surface area contributed by atoms with Crippen LogP contribution in [0.5, 0.6) is 0 Å². The molecule has 0 aliphatic carbocycles. The van der Waals surface area contributed by atoms with Gasteiger partial charge in [0.1, 0.15) is 5.01 Å². The second kappa shape index (κ2) is 8.75. The first kappa shape index (κ1) is 23.8. The van der Waals surface area contributed by atoms with Crippen LogP contribution in [0.2, 0.25) is 0 Å². The predicted octanol–water partition coefficient (Wildman–Crippen LogP) is 1.59. The zero-order valence-corrected chi connectivity index (χ0v) is 19.7. The maximum atomic E-state index is 13.0. The number of amides is 1. The van der Waals surface area contributed by atoms with Crippen molar-refractivity contribution in [2.45, 2.75) is 57.5 Å². The van der Waals surface area contributed by atoms with E-state index < -0.39 is 15.6 Å². The third-order valence-corrected chi connectivity index (χ3v) is 8.12. The topological polar surface area (TPSA) is 108 Å². The highest BCUT2D eigenvalue weighted by atomic mass is 32.2. The number of carbonyl (C=O) groups excluding carboxylic acids is 1. The van der Waals surface area contributed by atoms with Crippen molar-refractivity contribution in [2.24, 2.45) is 4.99 Å². The van der Waals surface area contributed by atoms with E-state index >= 15 is 0 Å². The highest BCUT2D eigenvalue weighted by Gasteiger charge is 2.39. The van der Waals surface area contributed by atoms with Gasteiger partial charge in [-0.1, -0.05) is 25.2 Å². The summed E-state index contributed by atoms with van der Waals surface area (Å²) in [7, 11) is -1.26. The average Bonchev–Trinajstić information content (AvgIpc) is 3.10. The Balaban J connectivity index is 2.03. The summed E-state index contributed by atoms with van der Waals surface area (Å²) in [6, 6.07) is 0.122. The molecule has 0 bridgehead atoms. The Morgan fingerprint density at radius 1 is 1.31 bits per heavy atom. The molecular formula is C18H32N6O3S2. The Bertz CT molecular complexity index is 842. The number of hydrogen-bond acceptors (Lipinski definition) is 8. The molecule has 1 aromatic heterocycles. The number of sulfonamides is 1. The van der Waals surface area contributed by atoms with Gasteiger partial charge in [-0.15, -0.1) is 10.2 Å². The number of nitrogens with zero attached hydrogens (tertiary/aromatic N) is 5. The standard InChI is InChI=1S/C18H32N6O3S2/c1-17(2,12-19-5)15-21-22-16(28-15)20-14(25)18(3,4)23(6)13-8-10-24(11-9-13)29(7,26)27/h13H,5,8-12H2,1-4,6-7H3,(H,20,22,25). The van der Waals surface area contributed by atoms with Crippen molar-refractivity contribution >= 4 is 39.1 Å². The van der Waals surface area contributed by atoms with E-state index in [0.717, 1.165) is 5.01 Å². The van der Waals surface area contributed by atoms with Crippen molar-refractivity contribution in [3.8, 4) is 0 Å². The first-order valence-electron chi connectivity index (χ1n) is 9.55. The fraction of sp³-hybridized carbons (Fsp3) is 0.778. The number of nitrogens with one attached hydrogen (secondary N) is 1. The van der Waals surface area contributed by atoms with Crippen molar-refractivity contribution in [2.75, 3.05) is 38.3 Å². The zero-order valence-electron chi connectivity index (χ0n) is 18.1. The van der Waals surface area contributed by atoms with Gasteiger partial charge in [0.2, 0.25) is 21.1 Å². The molecule has 9 nitrogen and oxygen atoms in total. The van der Waals surface area contributed by atoms with E-state index in [1.165, 1.54) is 21.9 Å². The zero-order chi connectivity index (χ0) is 22.0. The largest absolute Gasteiger partial charge is 0.300 e. The number of anilines is 1. The summed E-state index contributed by atoms with van der Waals surface area (Å²) in [5, 5.41) is 12.4. The smallest absolute Gasteiger partial charge is 0.246 e. The maximum Gasteiger partial charge on any atom is 0.246 e. The number of rotatable bonds is 8. The summed E-state index contributed by atoms with van der Waals surface area (Å²) >= 11 is 1.34. The van der Waals surface area contributed by atoms with Gasteiger partial charge in [-0.3, -0.25) is 20.0 Å². The third-order valence-electron chi connectivity index (χ3n) is 5.61. The molecule has 1 fully saturated rings. The molecular weight excluding hydrogens is 412 g/mol. The minimum atomic E-state index is -3.17. The van der Waals surface area contributed by atoms with Crippen LogP contribution in [0.3, 0.4) is 0 Å². The third kappa shape index (κ3) is 5.59. The highest BCUT2D eigenvalue weighted by molar-refractivity contribution is 7.88. The van der Waals surface area contributed by atoms with Crippen molar-refractivity contribution in [3.05, 3.63) is 5.01 Å². The Morgan fingerprint density at radius 3 is 2.41 bits per heavy atom. The van der Waals surface area contributed by atoms with Crippen LogP contribution in [0.1, 0.15) is 45.5 Å². The molecule has 1 aliphatic heterocycles. The van der Waals surface area contributed by atoms with E-state index in [4.69, 9.17) is 0 Å². The van der Waals surface area contributed by atoms with Crippen LogP contribution < -0.4 is 5.32 Å². The lowest BCUT2D eigenvalue weighted by Crippen LogP contribution is -2.57. The Hall–Kier alpha value is -1.43. The molecule has 1 aromatic rings. The second-order valence-corrected chi connectivity index (χ2v) is 11.7. The average molecular weight is 445 g/mol. The van der Waals surface area contributed by atoms with Crippen molar-refractivity contribution in [1.29, 1.82) is 0 Å². The molecule has 2 heterocycles. The Labute approximate surface area is 177 Å². The SMILES string of the molecule is C=NCC(C)(C)c1nnc(NC(=O)C(C)(C)N(C)C2CCN(S(C)(=O)=O)CC2)s1. The summed E-state index contributed by atoms with van der Waals surface area (Å²) in [4.78, 5) is 18.9. The van der Waals surface area contributed by atoms with Gasteiger partial charge in [-0.25, -0.2) is 12.7 Å². The van der Waals surface area contributed by atoms with Crippen molar-refractivity contribution in [3.63, 3.8) is 0 Å². The lowest BCUT2D eigenvalue weighted by Gasteiger charge is -2.43. The van der Waals surface area contributed by atoms with E-state index in [1.807, 2.05) is 39.6 Å². The number of aromatic nitrogens is 2. The lowest BCUT2D eigenvalue weighted by molar-refractivity contribution is -0.127. The van der Waals surface area contributed by atoms with Crippen molar-refractivity contribution in [1.82, 2.24) is 19.4 Å². The van der Waals surface area contributed by atoms with Gasteiger partial charge in [0, 0.05) is 31.1 Å². The monoisotopic (exact) mass is 444 g/mol. The van der Waals surface area contributed by atoms with Crippen LogP contribution in [0.15, 0.2) is 4.99 Å². The molecule has 29 heavy (non-hydrogen) atoms. The second-order valence-electron chi connectivity index (χ2n) is 8.70. The van der Waals surface area contributed by atoms with E-state index in [9.17, 15) is 13.2 Å². The van der Waals surface area contributed by atoms with E-state index in [0.29, 0.717) is 37.6 Å². The summed E-state index contributed by atoms with van der Waals surface area (Å²) in [6.45, 7) is 12.7. The molecule has 1 saturated heterocycles. The number of likely N-dealkylation sites (N-methyl/N-ethyl adjacent to an activating group) is 1. The summed E-state index contributed by atoms with van der Waals surface area (Å²) < 4.78 is 24.9. The Kier molecular flexibility index (Phi) is 7.19. The van der Waals surface area contributed by atoms with Crippen LogP contribution in [0.25, 0.3) is 0 Å². The molecule has 1 aliphatic rings. The molecule has 1 amide bonds. The van der Waals surface area contributed by atoms with Gasteiger partial charge in [0.25, 0.3) is 0 Å². The number of hydrogen-bond donors (Lipinski definition) is 1. The molecule has 0 atom stereocenters. The number of piperidine rings is 1. The van der Waals surface area contributed by atoms with E-state index in [1.54, 1.807) is 0 Å². The molecule has 1 N–H and O–H groups in total. The predicted molar refractivity (Wildman–Crippen MR) is 117 cm³/mol. The van der Waals surface area contributed by atoms with Crippen molar-refractivity contribution < 1.29 is 13.2 Å². The van der Waals surface area contributed by atoms with Gasteiger partial charge in [0.15, 0.2) is 0 Å². The van der Waals surface area contributed by atoms with Gasteiger partial charge in [-0.2, -0.15) is 0 Å². The lowest BCUT2D eigenvalue weighted by atomic mass is 9.95. The highest BCUT2D eigenvalue weighted by Crippen LogP contribution is 2.30. The van der Waals surface area contributed by atoms with E-state index in [2.05, 4.69) is 27.2 Å². The van der Waals surface area contributed by atoms with Crippen LogP contribution >= 0.6 is 11.3 Å². The van der Waals surface area contributed by atoms with Crippen LogP contribution in [-0.4, -0.2) is 85.0 Å². The van der Waals surface area contributed by atoms with Crippen LogP contribution in [0, 0.1) is 0 Å². The number of aliphatic imine (C=N–C) groups is 1. The molecule has 11 heteroatoms. The molecule has 0 saturated carbocycles. The normalized spacial score (nSPS) is 17.5. The minimum Gasteiger partial charge on any atom is -0.300 e. The van der Waals surface area contributed by atoms with E-state index in [-0.39, 0.29) is 17.4 Å². The van der Waals surface area contributed by atoms with Gasteiger partial charge in [-0.05, 0) is 40.5 Å². The molecule has 0 radical (unpaired) electrons. The summed E-state index contributed by atoms with van der Waals surface area (Å²) in [5.41, 5.74) is -1.08. The molecule has 164 valence electrons. The Morgan fingerprint density at radius 2 is 1.90 bits per heavy atom. The van der Waals surface area contributed by atoms with Gasteiger partial charge in [0.05, 0.1) is 11.8 Å². The molecule has 0 spiro atoms. The number of carbonyl (C=O) groups is 1. The minimum absolute atomic E-state index is 0.122. The fourth-order valence-corrected chi connectivity index (χ4v) is 5.03.